The third-order valence-electron chi connectivity index (χ3n) is 3.59. The van der Waals surface area contributed by atoms with E-state index in [1.165, 1.54) is 6.07 Å². The maximum atomic E-state index is 14.5. The summed E-state index contributed by atoms with van der Waals surface area (Å²) in [6, 6.07) is 8.80. The van der Waals surface area contributed by atoms with Crippen LogP contribution in [0.4, 0.5) is 4.39 Å². The monoisotopic (exact) mass is 378 g/mol. The molecule has 0 saturated heterocycles. The second kappa shape index (κ2) is 5.90. The lowest BCUT2D eigenvalue weighted by atomic mass is 9.97. The van der Waals surface area contributed by atoms with Gasteiger partial charge in [0.1, 0.15) is 11.6 Å². The van der Waals surface area contributed by atoms with Crippen molar-refractivity contribution in [2.24, 2.45) is 0 Å². The van der Waals surface area contributed by atoms with Crippen molar-refractivity contribution in [1.82, 2.24) is 0 Å². The van der Waals surface area contributed by atoms with Crippen molar-refractivity contribution in [3.05, 3.63) is 75.0 Å². The predicted octanol–water partition coefficient (Wildman–Crippen LogP) is 6.25. The van der Waals surface area contributed by atoms with Gasteiger partial charge in [-0.15, -0.1) is 0 Å². The fourth-order valence-electron chi connectivity index (χ4n) is 2.55. The minimum atomic E-state index is -0.333. The summed E-state index contributed by atoms with van der Waals surface area (Å²) in [5.74, 6) is 0.629. The van der Waals surface area contributed by atoms with E-state index in [0.29, 0.717) is 33.0 Å². The largest absolute Gasteiger partial charge is 0.454 e. The SMILES string of the molecule is C=C1C=C(c2c(F)cc(Br)cc2CC)Oc2c(Cl)cccc21. The van der Waals surface area contributed by atoms with Crippen LogP contribution >= 0.6 is 27.5 Å². The number of fused-ring (bicyclic) bond motifs is 1. The number of hydrogen-bond donors (Lipinski definition) is 0. The zero-order chi connectivity index (χ0) is 15.9. The first-order valence-corrected chi connectivity index (χ1v) is 8.04. The van der Waals surface area contributed by atoms with Crippen LogP contribution in [0.2, 0.25) is 5.02 Å². The molecule has 0 aliphatic carbocycles. The van der Waals surface area contributed by atoms with Crippen LogP contribution < -0.4 is 4.74 Å². The van der Waals surface area contributed by atoms with Crippen molar-refractivity contribution in [3.8, 4) is 5.75 Å². The third kappa shape index (κ3) is 2.59. The number of para-hydroxylation sites is 1. The fourth-order valence-corrected chi connectivity index (χ4v) is 3.24. The average Bonchev–Trinajstić information content (AvgIpc) is 2.47. The Morgan fingerprint density at radius 1 is 1.32 bits per heavy atom. The van der Waals surface area contributed by atoms with Gasteiger partial charge in [-0.3, -0.25) is 0 Å². The van der Waals surface area contributed by atoms with Gasteiger partial charge in [0, 0.05) is 10.0 Å². The van der Waals surface area contributed by atoms with Crippen molar-refractivity contribution >= 4 is 38.9 Å². The molecule has 0 amide bonds. The molecule has 22 heavy (non-hydrogen) atoms. The molecule has 0 atom stereocenters. The van der Waals surface area contributed by atoms with Crippen molar-refractivity contribution in [3.63, 3.8) is 0 Å². The minimum absolute atomic E-state index is 0.333. The molecule has 1 heterocycles. The Kier molecular flexibility index (Phi) is 4.11. The molecule has 112 valence electrons. The average molecular weight is 380 g/mol. The molecule has 0 bridgehead atoms. The van der Waals surface area contributed by atoms with E-state index in [1.807, 2.05) is 25.1 Å². The number of hydrogen-bond acceptors (Lipinski definition) is 1. The summed E-state index contributed by atoms with van der Waals surface area (Å²) >= 11 is 9.53. The highest BCUT2D eigenvalue weighted by molar-refractivity contribution is 9.10. The second-order valence-corrected chi connectivity index (χ2v) is 6.35. The minimum Gasteiger partial charge on any atom is -0.454 e. The van der Waals surface area contributed by atoms with Gasteiger partial charge in [-0.1, -0.05) is 53.2 Å². The molecule has 0 saturated carbocycles. The van der Waals surface area contributed by atoms with Crippen LogP contribution in [0, 0.1) is 5.82 Å². The van der Waals surface area contributed by atoms with Crippen LogP contribution in [0.15, 0.2) is 47.5 Å². The van der Waals surface area contributed by atoms with Crippen LogP contribution in [0.5, 0.6) is 5.75 Å². The van der Waals surface area contributed by atoms with Crippen LogP contribution in [-0.2, 0) is 6.42 Å². The van der Waals surface area contributed by atoms with Gasteiger partial charge < -0.3 is 4.74 Å². The standard InChI is InChI=1S/C18H13BrClFO/c1-3-11-8-12(19)9-15(21)17(11)16-7-10(2)13-5-4-6-14(20)18(13)22-16/h4-9H,2-3H2,1H3. The molecule has 1 aliphatic rings. The summed E-state index contributed by atoms with van der Waals surface area (Å²) < 4.78 is 21.1. The Labute approximate surface area is 142 Å². The van der Waals surface area contributed by atoms with E-state index in [4.69, 9.17) is 16.3 Å². The van der Waals surface area contributed by atoms with Crippen LogP contribution in [0.3, 0.4) is 0 Å². The third-order valence-corrected chi connectivity index (χ3v) is 4.35. The maximum absolute atomic E-state index is 14.5. The summed E-state index contributed by atoms with van der Waals surface area (Å²) in [5, 5.41) is 0.486. The van der Waals surface area contributed by atoms with Crippen molar-refractivity contribution in [2.75, 3.05) is 0 Å². The molecule has 4 heteroatoms. The van der Waals surface area contributed by atoms with E-state index in [9.17, 15) is 4.39 Å². The molecule has 2 aromatic carbocycles. The van der Waals surface area contributed by atoms with E-state index >= 15 is 0 Å². The highest BCUT2D eigenvalue weighted by Crippen LogP contribution is 2.42. The zero-order valence-electron chi connectivity index (χ0n) is 11.9. The Morgan fingerprint density at radius 3 is 2.82 bits per heavy atom. The first kappa shape index (κ1) is 15.3. The molecule has 2 aromatic rings. The molecule has 0 aromatic heterocycles. The molecular weight excluding hydrogens is 367 g/mol. The zero-order valence-corrected chi connectivity index (χ0v) is 14.3. The van der Waals surface area contributed by atoms with Gasteiger partial charge in [0.2, 0.25) is 0 Å². The summed E-state index contributed by atoms with van der Waals surface area (Å²) in [5.41, 5.74) is 2.90. The van der Waals surface area contributed by atoms with E-state index in [1.54, 1.807) is 12.1 Å². The first-order valence-electron chi connectivity index (χ1n) is 6.87. The number of halogens is 3. The van der Waals surface area contributed by atoms with Crippen LogP contribution in [0.1, 0.15) is 23.6 Å². The highest BCUT2D eigenvalue weighted by Gasteiger charge is 2.23. The van der Waals surface area contributed by atoms with Crippen molar-refractivity contribution < 1.29 is 9.13 Å². The van der Waals surface area contributed by atoms with Crippen LogP contribution in [0.25, 0.3) is 11.3 Å². The number of ether oxygens (including phenoxy) is 1. The Morgan fingerprint density at radius 2 is 2.09 bits per heavy atom. The topological polar surface area (TPSA) is 9.23 Å². The second-order valence-electron chi connectivity index (χ2n) is 5.03. The lowest BCUT2D eigenvalue weighted by Gasteiger charge is -2.22. The van der Waals surface area contributed by atoms with Gasteiger partial charge >= 0.3 is 0 Å². The lowest BCUT2D eigenvalue weighted by Crippen LogP contribution is -2.08. The molecule has 0 radical (unpaired) electrons. The summed E-state index contributed by atoms with van der Waals surface area (Å²) in [7, 11) is 0. The van der Waals surface area contributed by atoms with Crippen molar-refractivity contribution in [1.29, 1.82) is 0 Å². The van der Waals surface area contributed by atoms with E-state index in [-0.39, 0.29) is 5.82 Å². The highest BCUT2D eigenvalue weighted by atomic mass is 79.9. The number of benzene rings is 2. The number of allylic oxidation sites excluding steroid dienone is 2. The fraction of sp³-hybridized carbons (Fsp3) is 0.111. The number of aryl methyl sites for hydroxylation is 1. The molecule has 0 N–H and O–H groups in total. The quantitative estimate of drug-likeness (QED) is 0.599. The first-order chi connectivity index (χ1) is 10.5. The van der Waals surface area contributed by atoms with Gasteiger partial charge in [0.25, 0.3) is 0 Å². The van der Waals surface area contributed by atoms with E-state index in [0.717, 1.165) is 16.7 Å². The molecule has 3 rings (SSSR count). The van der Waals surface area contributed by atoms with Crippen LogP contribution in [-0.4, -0.2) is 0 Å². The van der Waals surface area contributed by atoms with Gasteiger partial charge in [-0.25, -0.2) is 4.39 Å². The molecule has 1 nitrogen and oxygen atoms in total. The van der Waals surface area contributed by atoms with E-state index < -0.39 is 0 Å². The molecule has 0 fully saturated rings. The molecular formula is C18H13BrClFO. The van der Waals surface area contributed by atoms with Gasteiger partial charge in [0.15, 0.2) is 5.75 Å². The van der Waals surface area contributed by atoms with Crippen molar-refractivity contribution in [2.45, 2.75) is 13.3 Å². The summed E-state index contributed by atoms with van der Waals surface area (Å²) in [4.78, 5) is 0. The smallest absolute Gasteiger partial charge is 0.153 e. The van der Waals surface area contributed by atoms with E-state index in [2.05, 4.69) is 22.5 Å². The Hall–Kier alpha value is -1.58. The summed E-state index contributed by atoms with van der Waals surface area (Å²) in [6.07, 6.45) is 2.44. The maximum Gasteiger partial charge on any atom is 0.153 e. The molecule has 0 unspecified atom stereocenters. The van der Waals surface area contributed by atoms with Gasteiger partial charge in [-0.2, -0.15) is 0 Å². The number of rotatable bonds is 2. The predicted molar refractivity (Wildman–Crippen MR) is 92.6 cm³/mol. The normalized spacial score (nSPS) is 13.5. The Bertz CT molecular complexity index is 811. The van der Waals surface area contributed by atoms with Gasteiger partial charge in [-0.05, 0) is 41.8 Å². The lowest BCUT2D eigenvalue weighted by molar-refractivity contribution is 0.500. The summed E-state index contributed by atoms with van der Waals surface area (Å²) in [6.45, 7) is 6.00. The molecule has 1 aliphatic heterocycles. The van der Waals surface area contributed by atoms with Gasteiger partial charge in [0.05, 0.1) is 10.6 Å². The molecule has 0 spiro atoms. The Balaban J connectivity index is 2.16.